The molecule has 198 valence electrons. The summed E-state index contributed by atoms with van der Waals surface area (Å²) >= 11 is 0. The molecule has 10 heteroatoms. The fourth-order valence-corrected chi connectivity index (χ4v) is 4.70. The fourth-order valence-electron chi connectivity index (χ4n) is 4.70. The van der Waals surface area contributed by atoms with E-state index >= 15 is 0 Å². The minimum absolute atomic E-state index is 0.00371. The second-order valence-electron chi connectivity index (χ2n) is 10.6. The first-order chi connectivity index (χ1) is 18.0. The third-order valence-corrected chi connectivity index (χ3v) is 6.54. The van der Waals surface area contributed by atoms with Crippen LogP contribution in [0.25, 0.3) is 10.9 Å². The number of hydrogen-bond acceptors (Lipinski definition) is 6. The number of nitro benzene ring substituents is 1. The van der Waals surface area contributed by atoms with Gasteiger partial charge in [-0.25, -0.2) is 4.79 Å². The van der Waals surface area contributed by atoms with Crippen molar-refractivity contribution in [3.63, 3.8) is 0 Å². The number of ether oxygens (including phenoxy) is 1. The normalized spacial score (nSPS) is 17.4. The molecule has 2 N–H and O–H groups in total. The Morgan fingerprint density at radius 3 is 2.26 bits per heavy atom. The number of aromatic nitrogens is 1. The summed E-state index contributed by atoms with van der Waals surface area (Å²) < 4.78 is 7.17. The Balaban J connectivity index is 1.48. The first-order valence-electron chi connectivity index (χ1n) is 12.6. The maximum Gasteiger partial charge on any atom is 0.407 e. The highest BCUT2D eigenvalue weighted by molar-refractivity contribution is 5.99. The second kappa shape index (κ2) is 10.9. The van der Waals surface area contributed by atoms with Gasteiger partial charge in [-0.15, -0.1) is 0 Å². The van der Waals surface area contributed by atoms with Gasteiger partial charge in [-0.3, -0.25) is 14.9 Å². The first kappa shape index (κ1) is 26.7. The number of hydrogen-bond donors (Lipinski definition) is 2. The van der Waals surface area contributed by atoms with Crippen LogP contribution < -0.4 is 10.6 Å². The lowest BCUT2D eigenvalue weighted by atomic mass is 9.91. The highest BCUT2D eigenvalue weighted by Gasteiger charge is 2.27. The van der Waals surface area contributed by atoms with Crippen LogP contribution in [0.4, 0.5) is 10.5 Å². The summed E-state index contributed by atoms with van der Waals surface area (Å²) in [5.41, 5.74) is 1.88. The summed E-state index contributed by atoms with van der Waals surface area (Å²) in [6, 6.07) is 15.4. The number of amides is 2. The number of nitro groups is 1. The third kappa shape index (κ3) is 6.48. The summed E-state index contributed by atoms with van der Waals surface area (Å²) in [5.74, 6) is -0.231. The molecular formula is C28H31N5O5. The van der Waals surface area contributed by atoms with Gasteiger partial charge in [0.1, 0.15) is 11.3 Å². The number of alkyl carbamates (subject to hydrolysis) is 1. The molecule has 0 unspecified atom stereocenters. The predicted molar refractivity (Wildman–Crippen MR) is 142 cm³/mol. The molecule has 1 heterocycles. The monoisotopic (exact) mass is 517 g/mol. The van der Waals surface area contributed by atoms with Gasteiger partial charge in [0.25, 0.3) is 11.6 Å². The molecule has 1 fully saturated rings. The van der Waals surface area contributed by atoms with E-state index in [9.17, 15) is 25.0 Å². The molecule has 1 saturated carbocycles. The van der Waals surface area contributed by atoms with Crippen molar-refractivity contribution in [1.82, 2.24) is 15.2 Å². The maximum absolute atomic E-state index is 13.4. The van der Waals surface area contributed by atoms with E-state index in [0.29, 0.717) is 30.6 Å². The van der Waals surface area contributed by atoms with Crippen molar-refractivity contribution in [1.29, 1.82) is 5.26 Å². The van der Waals surface area contributed by atoms with Crippen LogP contribution in [0.1, 0.15) is 68.1 Å². The zero-order valence-corrected chi connectivity index (χ0v) is 21.7. The van der Waals surface area contributed by atoms with Crippen molar-refractivity contribution in [2.24, 2.45) is 0 Å². The van der Waals surface area contributed by atoms with E-state index in [0.717, 1.165) is 29.3 Å². The molecule has 1 aromatic heterocycles. The Hall–Kier alpha value is -4.39. The quantitative estimate of drug-likeness (QED) is 0.347. The van der Waals surface area contributed by atoms with Crippen LogP contribution in [0.5, 0.6) is 0 Å². The molecule has 2 amide bonds. The molecule has 0 saturated heterocycles. The first-order valence-corrected chi connectivity index (χ1v) is 12.6. The van der Waals surface area contributed by atoms with Crippen molar-refractivity contribution >= 4 is 28.6 Å². The molecule has 0 bridgehead atoms. The molecule has 0 radical (unpaired) electrons. The number of benzene rings is 2. The van der Waals surface area contributed by atoms with Crippen LogP contribution in [0.2, 0.25) is 0 Å². The largest absolute Gasteiger partial charge is 0.444 e. The molecule has 0 atom stereocenters. The van der Waals surface area contributed by atoms with Crippen LogP contribution >= 0.6 is 0 Å². The number of nitriles is 1. The minimum atomic E-state index is -0.559. The predicted octanol–water partition coefficient (Wildman–Crippen LogP) is 5.04. The van der Waals surface area contributed by atoms with E-state index in [4.69, 9.17) is 4.74 Å². The van der Waals surface area contributed by atoms with E-state index in [1.807, 2.05) is 31.4 Å². The molecule has 0 aliphatic heterocycles. The Morgan fingerprint density at radius 1 is 1.05 bits per heavy atom. The van der Waals surface area contributed by atoms with Crippen LogP contribution in [0.3, 0.4) is 0 Å². The van der Waals surface area contributed by atoms with Crippen molar-refractivity contribution in [2.75, 3.05) is 0 Å². The van der Waals surface area contributed by atoms with Crippen molar-refractivity contribution < 1.29 is 19.2 Å². The lowest BCUT2D eigenvalue weighted by molar-refractivity contribution is -0.384. The van der Waals surface area contributed by atoms with E-state index in [1.54, 1.807) is 30.3 Å². The number of nitrogens with zero attached hydrogens (tertiary/aromatic N) is 3. The van der Waals surface area contributed by atoms with E-state index in [2.05, 4.69) is 16.7 Å². The molecule has 1 aliphatic rings. The molecule has 4 rings (SSSR count). The van der Waals surface area contributed by atoms with Crippen molar-refractivity contribution in [3.05, 3.63) is 75.5 Å². The van der Waals surface area contributed by atoms with E-state index in [-0.39, 0.29) is 23.7 Å². The fraction of sp³-hybridized carbons (Fsp3) is 0.393. The van der Waals surface area contributed by atoms with Gasteiger partial charge in [0, 0.05) is 36.1 Å². The van der Waals surface area contributed by atoms with Gasteiger partial charge in [0.05, 0.1) is 22.1 Å². The average molecular weight is 518 g/mol. The van der Waals surface area contributed by atoms with Gasteiger partial charge < -0.3 is 19.9 Å². The number of nitrogens with one attached hydrogen (secondary N) is 2. The number of fused-ring (bicyclic) bond motifs is 1. The van der Waals surface area contributed by atoms with Crippen LogP contribution in [0.15, 0.2) is 48.5 Å². The zero-order valence-electron chi connectivity index (χ0n) is 21.7. The second-order valence-corrected chi connectivity index (χ2v) is 10.6. The summed E-state index contributed by atoms with van der Waals surface area (Å²) in [6.45, 7) is 5.77. The Bertz CT molecular complexity index is 1390. The summed E-state index contributed by atoms with van der Waals surface area (Å²) in [4.78, 5) is 36.1. The summed E-state index contributed by atoms with van der Waals surface area (Å²) in [7, 11) is 0. The minimum Gasteiger partial charge on any atom is -0.444 e. The molecule has 3 aromatic rings. The number of carbonyl (C=O) groups excluding carboxylic acids is 2. The Labute approximate surface area is 220 Å². The lowest BCUT2D eigenvalue weighted by Gasteiger charge is -2.30. The van der Waals surface area contributed by atoms with Gasteiger partial charge in [-0.1, -0.05) is 18.2 Å². The average Bonchev–Trinajstić information content (AvgIpc) is 3.22. The molecular weight excluding hydrogens is 486 g/mol. The SMILES string of the molecule is CC(C)(C)OC(=O)N[C@H]1CC[C@H](NC(=O)c2cc3ccc(C#N)cc3n2Cc2ccc([N+](=O)[O-])cc2)CC1. The van der Waals surface area contributed by atoms with Crippen molar-refractivity contribution in [2.45, 2.75) is 70.7 Å². The highest BCUT2D eigenvalue weighted by Crippen LogP contribution is 2.25. The van der Waals surface area contributed by atoms with Gasteiger partial charge in [0.15, 0.2) is 0 Å². The van der Waals surface area contributed by atoms with E-state index < -0.39 is 16.6 Å². The molecule has 10 nitrogen and oxygen atoms in total. The molecule has 0 spiro atoms. The van der Waals surface area contributed by atoms with Gasteiger partial charge in [0.2, 0.25) is 0 Å². The van der Waals surface area contributed by atoms with Crippen LogP contribution in [-0.2, 0) is 11.3 Å². The Kier molecular flexibility index (Phi) is 7.67. The molecule has 1 aliphatic carbocycles. The lowest BCUT2D eigenvalue weighted by Crippen LogP contribution is -2.45. The van der Waals surface area contributed by atoms with Crippen LogP contribution in [0, 0.1) is 21.4 Å². The van der Waals surface area contributed by atoms with Gasteiger partial charge in [-0.2, -0.15) is 5.26 Å². The van der Waals surface area contributed by atoms with Crippen molar-refractivity contribution in [3.8, 4) is 6.07 Å². The summed E-state index contributed by atoms with van der Waals surface area (Å²) in [6.07, 6.45) is 2.45. The smallest absolute Gasteiger partial charge is 0.407 e. The maximum atomic E-state index is 13.4. The van der Waals surface area contributed by atoms with Gasteiger partial charge >= 0.3 is 6.09 Å². The zero-order chi connectivity index (χ0) is 27.4. The number of rotatable bonds is 6. The number of carbonyl (C=O) groups is 2. The standard InChI is InChI=1S/C28H31N5O5/c1-28(2,3)38-27(35)31-22-10-8-21(9-11-22)30-26(34)25-15-20-7-4-19(16-29)14-24(20)32(25)17-18-5-12-23(13-6-18)33(36)37/h4-7,12-15,21-22H,8-11,17H2,1-3H3,(H,30,34)(H,31,35)/t21-,22-. The topological polar surface area (TPSA) is 139 Å². The van der Waals surface area contributed by atoms with Crippen LogP contribution in [-0.4, -0.2) is 39.2 Å². The summed E-state index contributed by atoms with van der Waals surface area (Å²) in [5, 5.41) is 27.3. The number of non-ortho nitro benzene ring substituents is 1. The molecule has 38 heavy (non-hydrogen) atoms. The highest BCUT2D eigenvalue weighted by atomic mass is 16.6. The Morgan fingerprint density at radius 2 is 1.68 bits per heavy atom. The third-order valence-electron chi connectivity index (χ3n) is 6.54. The van der Waals surface area contributed by atoms with Gasteiger partial charge in [-0.05, 0) is 70.2 Å². The van der Waals surface area contributed by atoms with E-state index in [1.165, 1.54) is 12.1 Å². The molecule has 2 aromatic carbocycles.